The van der Waals surface area contributed by atoms with Crippen molar-refractivity contribution in [3.8, 4) is 95.5 Å². The van der Waals surface area contributed by atoms with Gasteiger partial charge in [0.25, 0.3) is 0 Å². The zero-order valence-electron chi connectivity index (χ0n) is 38.9. The molecule has 0 N–H and O–H groups in total. The Kier molecular flexibility index (Phi) is 9.81. The molecule has 0 unspecified atom stereocenters. The molecule has 0 amide bonds. The maximum absolute atomic E-state index is 5.15. The molecule has 0 saturated heterocycles. The average Bonchev–Trinajstić information content (AvgIpc) is 3.88. The van der Waals surface area contributed by atoms with E-state index in [0.29, 0.717) is 17.5 Å². The van der Waals surface area contributed by atoms with Crippen molar-refractivity contribution in [1.29, 1.82) is 0 Å². The Morgan fingerprint density at radius 2 is 0.686 bits per heavy atom. The lowest BCUT2D eigenvalue weighted by Gasteiger charge is -2.22. The van der Waals surface area contributed by atoms with Gasteiger partial charge in [-0.3, -0.25) is 0 Å². The molecule has 0 fully saturated rings. The van der Waals surface area contributed by atoms with Gasteiger partial charge in [0.05, 0.1) is 11.0 Å². The molecule has 10 aromatic carbocycles. The van der Waals surface area contributed by atoms with E-state index in [0.717, 1.165) is 44.5 Å². The Labute approximate surface area is 407 Å². The van der Waals surface area contributed by atoms with Gasteiger partial charge in [-0.25, -0.2) is 15.0 Å². The Balaban J connectivity index is 0.892. The summed E-state index contributed by atoms with van der Waals surface area (Å²) in [6.45, 7) is 4.70. The summed E-state index contributed by atoms with van der Waals surface area (Å²) >= 11 is 0. The predicted molar refractivity (Wildman–Crippen MR) is 290 cm³/mol. The quantitative estimate of drug-likeness (QED) is 0.153. The molecule has 0 bridgehead atoms. The van der Waals surface area contributed by atoms with Gasteiger partial charge in [-0.15, -0.1) is 0 Å². The zero-order valence-corrected chi connectivity index (χ0v) is 38.9. The number of nitrogens with zero attached hydrogens (tertiary/aromatic N) is 4. The second-order valence-electron chi connectivity index (χ2n) is 18.8. The summed E-state index contributed by atoms with van der Waals surface area (Å²) in [4.78, 5) is 15.4. The summed E-state index contributed by atoms with van der Waals surface area (Å²) < 4.78 is 2.39. The third-order valence-corrected chi connectivity index (χ3v) is 14.3. The van der Waals surface area contributed by atoms with Crippen molar-refractivity contribution in [2.75, 3.05) is 0 Å². The van der Waals surface area contributed by atoms with E-state index in [4.69, 9.17) is 15.0 Å². The molecule has 1 aliphatic carbocycles. The first-order valence-electron chi connectivity index (χ1n) is 24.0. The van der Waals surface area contributed by atoms with Crippen molar-refractivity contribution in [3.05, 3.63) is 254 Å². The molecule has 2 heterocycles. The Hall–Kier alpha value is -8.99. The molecule has 0 aliphatic heterocycles. The predicted octanol–water partition coefficient (Wildman–Crippen LogP) is 16.9. The highest BCUT2D eigenvalue weighted by atomic mass is 15.0. The van der Waals surface area contributed by atoms with E-state index < -0.39 is 0 Å². The minimum absolute atomic E-state index is 0.0788. The van der Waals surface area contributed by atoms with E-state index in [9.17, 15) is 0 Å². The summed E-state index contributed by atoms with van der Waals surface area (Å²) in [5, 5.41) is 2.42. The van der Waals surface area contributed by atoms with Gasteiger partial charge in [-0.2, -0.15) is 0 Å². The van der Waals surface area contributed by atoms with Crippen LogP contribution in [0.1, 0.15) is 25.0 Å². The highest BCUT2D eigenvalue weighted by Gasteiger charge is 2.35. The van der Waals surface area contributed by atoms with Crippen molar-refractivity contribution in [3.63, 3.8) is 0 Å². The third kappa shape index (κ3) is 7.03. The van der Waals surface area contributed by atoms with E-state index in [-0.39, 0.29) is 5.41 Å². The molecule has 0 saturated carbocycles. The molecule has 4 heteroatoms. The number of aromatic nitrogens is 4. The van der Waals surface area contributed by atoms with Crippen LogP contribution in [-0.4, -0.2) is 19.5 Å². The maximum Gasteiger partial charge on any atom is 0.164 e. The molecule has 4 nitrogen and oxygen atoms in total. The summed E-state index contributed by atoms with van der Waals surface area (Å²) in [6, 6.07) is 86.9. The number of benzene rings is 10. The van der Waals surface area contributed by atoms with Gasteiger partial charge in [-0.1, -0.05) is 214 Å². The molecule has 0 spiro atoms. The van der Waals surface area contributed by atoms with Crippen LogP contribution in [0.15, 0.2) is 243 Å². The molecule has 330 valence electrons. The lowest BCUT2D eigenvalue weighted by molar-refractivity contribution is 0.660. The van der Waals surface area contributed by atoms with E-state index in [1.54, 1.807) is 0 Å². The number of para-hydroxylation sites is 1. The van der Waals surface area contributed by atoms with Gasteiger partial charge in [0.15, 0.2) is 17.5 Å². The second-order valence-corrected chi connectivity index (χ2v) is 18.8. The topological polar surface area (TPSA) is 43.6 Å². The molecular weight excluding hydrogens is 849 g/mol. The fourth-order valence-corrected chi connectivity index (χ4v) is 10.7. The number of hydrogen-bond acceptors (Lipinski definition) is 3. The fraction of sp³-hybridized carbons (Fsp3) is 0.0455. The lowest BCUT2D eigenvalue weighted by Crippen LogP contribution is -2.14. The SMILES string of the molecule is CC1(C)c2ccccc2-c2ccc(-c3ccccc3-c3ccc4c5ccccc5n(-c5ccc(-c6nc(-c7ccc(-c8ccccc8)cc7)nc(-c7ccc(-c8ccccc8)cc7)n6)cc5)c4c3)cc21. The highest BCUT2D eigenvalue weighted by molar-refractivity contribution is 6.10. The molecular formula is C66H46N4. The van der Waals surface area contributed by atoms with Crippen molar-refractivity contribution >= 4 is 21.8 Å². The third-order valence-electron chi connectivity index (χ3n) is 14.3. The van der Waals surface area contributed by atoms with E-state index in [1.807, 2.05) is 12.1 Å². The van der Waals surface area contributed by atoms with Gasteiger partial charge in [-0.05, 0) is 109 Å². The van der Waals surface area contributed by atoms with Gasteiger partial charge in [0.1, 0.15) is 0 Å². The van der Waals surface area contributed by atoms with Crippen LogP contribution in [0, 0.1) is 0 Å². The molecule has 70 heavy (non-hydrogen) atoms. The molecule has 1 aliphatic rings. The first-order chi connectivity index (χ1) is 34.4. The summed E-state index contributed by atoms with van der Waals surface area (Å²) in [5.41, 5.74) is 20.9. The van der Waals surface area contributed by atoms with Gasteiger partial charge in [0.2, 0.25) is 0 Å². The number of rotatable bonds is 8. The Morgan fingerprint density at radius 3 is 1.27 bits per heavy atom. The minimum Gasteiger partial charge on any atom is -0.309 e. The van der Waals surface area contributed by atoms with Crippen molar-refractivity contribution < 1.29 is 0 Å². The van der Waals surface area contributed by atoms with Crippen LogP contribution in [0.2, 0.25) is 0 Å². The first kappa shape index (κ1) is 41.2. The van der Waals surface area contributed by atoms with E-state index >= 15 is 0 Å². The van der Waals surface area contributed by atoms with Gasteiger partial charge in [0, 0.05) is 38.6 Å². The minimum atomic E-state index is -0.0788. The molecule has 2 aromatic heterocycles. The fourth-order valence-electron chi connectivity index (χ4n) is 10.7. The summed E-state index contributed by atoms with van der Waals surface area (Å²) in [5.74, 6) is 1.87. The van der Waals surface area contributed by atoms with Crippen LogP contribution in [0.5, 0.6) is 0 Å². The molecule has 12 aromatic rings. The van der Waals surface area contributed by atoms with Crippen LogP contribution in [0.4, 0.5) is 0 Å². The van der Waals surface area contributed by atoms with Crippen LogP contribution in [0.25, 0.3) is 117 Å². The Morgan fingerprint density at radius 1 is 0.286 bits per heavy atom. The zero-order chi connectivity index (χ0) is 46.8. The molecule has 0 radical (unpaired) electrons. The number of fused-ring (bicyclic) bond motifs is 6. The van der Waals surface area contributed by atoms with Crippen molar-refractivity contribution in [1.82, 2.24) is 19.5 Å². The smallest absolute Gasteiger partial charge is 0.164 e. The maximum atomic E-state index is 5.15. The second kappa shape index (κ2) is 16.7. The standard InChI is InChI=1S/C66H46N4/c1-66(2)59-23-13-11-21-55(59)56-39-35-50(41-60(56)66)53-19-9-10-20-54(53)51-36-40-58-57-22-12-14-24-61(57)70(62(58)42-51)52-37-33-49(34-38-52)65-68-63(47-29-25-45(26-30-47)43-15-5-3-6-16-43)67-64(69-65)48-31-27-46(28-32-48)44-17-7-4-8-18-44/h3-42H,1-2H3. The summed E-state index contributed by atoms with van der Waals surface area (Å²) in [7, 11) is 0. The van der Waals surface area contributed by atoms with Gasteiger partial charge >= 0.3 is 0 Å². The molecule has 13 rings (SSSR count). The van der Waals surface area contributed by atoms with Crippen molar-refractivity contribution in [2.45, 2.75) is 19.3 Å². The highest BCUT2D eigenvalue weighted by Crippen LogP contribution is 2.50. The van der Waals surface area contributed by atoms with Crippen LogP contribution in [-0.2, 0) is 5.41 Å². The van der Waals surface area contributed by atoms with Crippen LogP contribution < -0.4 is 0 Å². The van der Waals surface area contributed by atoms with Gasteiger partial charge < -0.3 is 4.57 Å². The largest absolute Gasteiger partial charge is 0.309 e. The summed E-state index contributed by atoms with van der Waals surface area (Å²) in [6.07, 6.45) is 0. The van der Waals surface area contributed by atoms with Crippen LogP contribution >= 0.6 is 0 Å². The molecule has 0 atom stereocenters. The normalized spacial score (nSPS) is 12.5. The van der Waals surface area contributed by atoms with Crippen molar-refractivity contribution in [2.24, 2.45) is 0 Å². The average molecular weight is 895 g/mol. The first-order valence-corrected chi connectivity index (χ1v) is 24.0. The monoisotopic (exact) mass is 894 g/mol. The van der Waals surface area contributed by atoms with Crippen LogP contribution in [0.3, 0.4) is 0 Å². The Bertz CT molecular complexity index is 3820. The van der Waals surface area contributed by atoms with E-state index in [1.165, 1.54) is 66.4 Å². The van der Waals surface area contributed by atoms with E-state index in [2.05, 4.69) is 249 Å². The lowest BCUT2D eigenvalue weighted by atomic mass is 9.81. The number of hydrogen-bond donors (Lipinski definition) is 0.